The lowest BCUT2D eigenvalue weighted by atomic mass is 10.1. The first kappa shape index (κ1) is 20.1. The van der Waals surface area contributed by atoms with Crippen LogP contribution in [0.1, 0.15) is 26.4 Å². The number of methoxy groups -OCH3 is 1. The zero-order chi connectivity index (χ0) is 21.0. The van der Waals surface area contributed by atoms with Crippen LogP contribution in [0.3, 0.4) is 0 Å². The SMILES string of the molecule is COc1ccc(C(=O)N(C)C)cc1NC(=O)c1ccc(-c2ccccc2)nc1C. The Morgan fingerprint density at radius 3 is 2.34 bits per heavy atom. The van der Waals surface area contributed by atoms with E-state index in [0.29, 0.717) is 28.3 Å². The fourth-order valence-corrected chi connectivity index (χ4v) is 2.96. The number of aromatic nitrogens is 1. The molecule has 6 nitrogen and oxygen atoms in total. The number of aryl methyl sites for hydroxylation is 1. The number of nitrogens with one attached hydrogen (secondary N) is 1. The number of hydrogen-bond donors (Lipinski definition) is 1. The highest BCUT2D eigenvalue weighted by Crippen LogP contribution is 2.27. The third-order valence-corrected chi connectivity index (χ3v) is 4.50. The highest BCUT2D eigenvalue weighted by Gasteiger charge is 2.16. The molecule has 6 heteroatoms. The molecule has 2 aromatic carbocycles. The molecule has 3 aromatic rings. The molecule has 0 aliphatic carbocycles. The molecule has 0 saturated carbocycles. The molecule has 1 aromatic heterocycles. The summed E-state index contributed by atoms with van der Waals surface area (Å²) in [7, 11) is 4.86. The average molecular weight is 389 g/mol. The Hall–Kier alpha value is -3.67. The Balaban J connectivity index is 1.88. The minimum atomic E-state index is -0.317. The Labute approximate surface area is 170 Å². The molecule has 0 spiro atoms. The summed E-state index contributed by atoms with van der Waals surface area (Å²) in [5, 5.41) is 2.84. The van der Waals surface area contributed by atoms with E-state index in [1.165, 1.54) is 12.0 Å². The topological polar surface area (TPSA) is 71.5 Å². The van der Waals surface area contributed by atoms with Crippen LogP contribution >= 0.6 is 0 Å². The van der Waals surface area contributed by atoms with Crippen molar-refractivity contribution in [3.8, 4) is 17.0 Å². The summed E-state index contributed by atoms with van der Waals surface area (Å²) in [6.45, 7) is 1.80. The number of anilines is 1. The van der Waals surface area contributed by atoms with E-state index in [-0.39, 0.29) is 11.8 Å². The Morgan fingerprint density at radius 2 is 1.72 bits per heavy atom. The lowest BCUT2D eigenvalue weighted by Crippen LogP contribution is -2.22. The number of carbonyl (C=O) groups is 2. The zero-order valence-electron chi connectivity index (χ0n) is 16.9. The predicted octanol–water partition coefficient (Wildman–Crippen LogP) is 4.02. The van der Waals surface area contributed by atoms with Crippen LogP contribution in [0, 0.1) is 6.92 Å². The molecule has 148 valence electrons. The van der Waals surface area contributed by atoms with Gasteiger partial charge in [0.2, 0.25) is 0 Å². The van der Waals surface area contributed by atoms with Gasteiger partial charge in [-0.3, -0.25) is 14.6 Å². The molecule has 0 radical (unpaired) electrons. The van der Waals surface area contributed by atoms with Gasteiger partial charge >= 0.3 is 0 Å². The molecule has 1 N–H and O–H groups in total. The van der Waals surface area contributed by atoms with Crippen molar-refractivity contribution >= 4 is 17.5 Å². The lowest BCUT2D eigenvalue weighted by Gasteiger charge is -2.15. The molecule has 29 heavy (non-hydrogen) atoms. The van der Waals surface area contributed by atoms with Gasteiger partial charge in [0.1, 0.15) is 5.75 Å². The van der Waals surface area contributed by atoms with Crippen molar-refractivity contribution in [2.45, 2.75) is 6.92 Å². The number of carbonyl (C=O) groups excluding carboxylic acids is 2. The molecule has 1 heterocycles. The standard InChI is InChI=1S/C23H23N3O3/c1-15-18(11-12-19(24-15)16-8-6-5-7-9-16)22(27)25-20-14-17(23(28)26(2)3)10-13-21(20)29-4/h5-14H,1-4H3,(H,25,27). The smallest absolute Gasteiger partial charge is 0.257 e. The van der Waals surface area contributed by atoms with Gasteiger partial charge in [0, 0.05) is 25.2 Å². The van der Waals surface area contributed by atoms with E-state index >= 15 is 0 Å². The summed E-state index contributed by atoms with van der Waals surface area (Å²) in [6.07, 6.45) is 0. The van der Waals surface area contributed by atoms with Crippen molar-refractivity contribution in [2.24, 2.45) is 0 Å². The molecular formula is C23H23N3O3. The Kier molecular flexibility index (Phi) is 5.93. The monoisotopic (exact) mass is 389 g/mol. The minimum Gasteiger partial charge on any atom is -0.495 e. The largest absolute Gasteiger partial charge is 0.495 e. The number of amides is 2. The first-order valence-electron chi connectivity index (χ1n) is 9.15. The molecule has 0 aliphatic heterocycles. The van der Waals surface area contributed by atoms with E-state index in [0.717, 1.165) is 11.3 Å². The van der Waals surface area contributed by atoms with Crippen LogP contribution in [0.2, 0.25) is 0 Å². The van der Waals surface area contributed by atoms with Crippen molar-refractivity contribution < 1.29 is 14.3 Å². The van der Waals surface area contributed by atoms with E-state index in [9.17, 15) is 9.59 Å². The van der Waals surface area contributed by atoms with Crippen molar-refractivity contribution in [3.63, 3.8) is 0 Å². The number of ether oxygens (including phenoxy) is 1. The molecule has 0 unspecified atom stereocenters. The summed E-state index contributed by atoms with van der Waals surface area (Å²) in [5.74, 6) is -0.00393. The molecule has 0 atom stereocenters. The maximum atomic E-state index is 12.9. The van der Waals surface area contributed by atoms with Crippen molar-refractivity contribution in [3.05, 3.63) is 77.5 Å². The molecule has 0 bridgehead atoms. The Morgan fingerprint density at radius 1 is 1.00 bits per heavy atom. The molecule has 2 amide bonds. The van der Waals surface area contributed by atoms with Gasteiger partial charge in [0.25, 0.3) is 11.8 Å². The van der Waals surface area contributed by atoms with E-state index in [2.05, 4.69) is 10.3 Å². The van der Waals surface area contributed by atoms with Crippen LogP contribution in [0.25, 0.3) is 11.3 Å². The maximum Gasteiger partial charge on any atom is 0.257 e. The molecular weight excluding hydrogens is 366 g/mol. The van der Waals surface area contributed by atoms with Gasteiger partial charge in [-0.2, -0.15) is 0 Å². The summed E-state index contributed by atoms with van der Waals surface area (Å²) in [5.41, 5.74) is 3.74. The van der Waals surface area contributed by atoms with E-state index < -0.39 is 0 Å². The Bertz CT molecular complexity index is 1050. The molecule has 3 rings (SSSR count). The zero-order valence-corrected chi connectivity index (χ0v) is 16.9. The molecule has 0 saturated heterocycles. The van der Waals surface area contributed by atoms with E-state index in [1.54, 1.807) is 45.3 Å². The van der Waals surface area contributed by atoms with Gasteiger partial charge in [0.05, 0.1) is 29.7 Å². The van der Waals surface area contributed by atoms with Gasteiger partial charge in [0.15, 0.2) is 0 Å². The predicted molar refractivity (Wildman–Crippen MR) is 113 cm³/mol. The summed E-state index contributed by atoms with van der Waals surface area (Å²) in [6, 6.07) is 18.3. The summed E-state index contributed by atoms with van der Waals surface area (Å²) < 4.78 is 5.33. The van der Waals surface area contributed by atoms with Gasteiger partial charge in [-0.1, -0.05) is 30.3 Å². The number of hydrogen-bond acceptors (Lipinski definition) is 4. The van der Waals surface area contributed by atoms with Gasteiger partial charge in [-0.25, -0.2) is 0 Å². The van der Waals surface area contributed by atoms with Crippen molar-refractivity contribution in [1.29, 1.82) is 0 Å². The second-order valence-electron chi connectivity index (χ2n) is 6.76. The second-order valence-corrected chi connectivity index (χ2v) is 6.76. The number of nitrogens with zero attached hydrogens (tertiary/aromatic N) is 2. The molecule has 0 fully saturated rings. The van der Waals surface area contributed by atoms with E-state index in [1.807, 2.05) is 36.4 Å². The van der Waals surface area contributed by atoms with Gasteiger partial charge in [-0.15, -0.1) is 0 Å². The average Bonchev–Trinajstić information content (AvgIpc) is 2.73. The summed E-state index contributed by atoms with van der Waals surface area (Å²) >= 11 is 0. The quantitative estimate of drug-likeness (QED) is 0.715. The van der Waals surface area contributed by atoms with Crippen molar-refractivity contribution in [2.75, 3.05) is 26.5 Å². The van der Waals surface area contributed by atoms with Crippen LogP contribution in [0.4, 0.5) is 5.69 Å². The molecule has 0 aliphatic rings. The second kappa shape index (κ2) is 8.56. The van der Waals surface area contributed by atoms with E-state index in [4.69, 9.17) is 4.74 Å². The summed E-state index contributed by atoms with van der Waals surface area (Å²) in [4.78, 5) is 31.1. The minimum absolute atomic E-state index is 0.159. The highest BCUT2D eigenvalue weighted by atomic mass is 16.5. The van der Waals surface area contributed by atoms with Gasteiger partial charge < -0.3 is 15.0 Å². The lowest BCUT2D eigenvalue weighted by molar-refractivity contribution is 0.0827. The van der Waals surface area contributed by atoms with Crippen LogP contribution < -0.4 is 10.1 Å². The van der Waals surface area contributed by atoms with Crippen LogP contribution in [-0.2, 0) is 0 Å². The maximum absolute atomic E-state index is 12.9. The fraction of sp³-hybridized carbons (Fsp3) is 0.174. The first-order valence-corrected chi connectivity index (χ1v) is 9.15. The fourth-order valence-electron chi connectivity index (χ4n) is 2.96. The van der Waals surface area contributed by atoms with Crippen LogP contribution in [0.15, 0.2) is 60.7 Å². The van der Waals surface area contributed by atoms with Gasteiger partial charge in [-0.05, 0) is 37.3 Å². The van der Waals surface area contributed by atoms with Crippen LogP contribution in [0.5, 0.6) is 5.75 Å². The number of rotatable bonds is 5. The highest BCUT2D eigenvalue weighted by molar-refractivity contribution is 6.06. The third-order valence-electron chi connectivity index (χ3n) is 4.50. The van der Waals surface area contributed by atoms with Crippen LogP contribution in [-0.4, -0.2) is 42.9 Å². The van der Waals surface area contributed by atoms with Crippen molar-refractivity contribution in [1.82, 2.24) is 9.88 Å². The normalized spacial score (nSPS) is 10.3. The third kappa shape index (κ3) is 4.43. The first-order chi connectivity index (χ1) is 13.9. The number of benzene rings is 2. The number of pyridine rings is 1.